The number of nitrogens with one attached hydrogen (secondary N) is 1. The number of hydrogen-bond donors (Lipinski definition) is 3. The number of benzene rings is 1. The molecule has 0 aromatic heterocycles. The number of amides is 1. The zero-order chi connectivity index (χ0) is 22.5. The van der Waals surface area contributed by atoms with Gasteiger partial charge in [-0.1, -0.05) is 26.7 Å². The molecule has 0 spiro atoms. The van der Waals surface area contributed by atoms with E-state index in [2.05, 4.69) is 10.2 Å². The zero-order valence-electron chi connectivity index (χ0n) is 18.8. The van der Waals surface area contributed by atoms with Gasteiger partial charge in [-0.05, 0) is 55.4 Å². The Bertz CT molecular complexity index is 751. The smallest absolute Gasteiger partial charge is 0.475 e. The standard InChI is InChI=1S/C23H35BN2O5/c1-15(2)12-22(24(29)30)25-23(28)17(13-16-4-5-16)14-21(27)20-10-11-26(20)18-6-8-19(31-3)9-7-18/h6-9,15-17,20,22,29-30H,4-5,10-14H2,1-3H3,(H,25,28). The van der Waals surface area contributed by atoms with E-state index in [1.165, 1.54) is 0 Å². The van der Waals surface area contributed by atoms with Crippen molar-refractivity contribution in [3.63, 3.8) is 0 Å². The monoisotopic (exact) mass is 430 g/mol. The molecular weight excluding hydrogens is 395 g/mol. The Labute approximate surface area is 185 Å². The quantitative estimate of drug-likeness (QED) is 0.440. The van der Waals surface area contributed by atoms with Crippen LogP contribution in [0.25, 0.3) is 0 Å². The second-order valence-corrected chi connectivity index (χ2v) is 9.40. The third-order valence-corrected chi connectivity index (χ3v) is 6.34. The number of methoxy groups -OCH3 is 1. The first-order valence-electron chi connectivity index (χ1n) is 11.4. The maximum absolute atomic E-state index is 13.1. The molecule has 0 radical (unpaired) electrons. The number of ether oxygens (including phenoxy) is 1. The molecule has 3 atom stereocenters. The Morgan fingerprint density at radius 2 is 1.87 bits per heavy atom. The summed E-state index contributed by atoms with van der Waals surface area (Å²) >= 11 is 0. The van der Waals surface area contributed by atoms with Crippen LogP contribution >= 0.6 is 0 Å². The van der Waals surface area contributed by atoms with Crippen LogP contribution in [0.15, 0.2) is 24.3 Å². The summed E-state index contributed by atoms with van der Waals surface area (Å²) in [6.07, 6.45) is 4.32. The molecule has 1 aromatic carbocycles. The minimum Gasteiger partial charge on any atom is -0.497 e. The maximum Gasteiger partial charge on any atom is 0.475 e. The molecule has 3 unspecified atom stereocenters. The highest BCUT2D eigenvalue weighted by Gasteiger charge is 2.39. The molecule has 3 rings (SSSR count). The van der Waals surface area contributed by atoms with E-state index in [1.807, 2.05) is 38.1 Å². The van der Waals surface area contributed by atoms with E-state index in [9.17, 15) is 19.6 Å². The van der Waals surface area contributed by atoms with Crippen LogP contribution in [0.5, 0.6) is 5.75 Å². The predicted molar refractivity (Wildman–Crippen MR) is 121 cm³/mol. The first-order chi connectivity index (χ1) is 14.8. The average Bonchev–Trinajstić information content (AvgIpc) is 3.50. The fourth-order valence-electron chi connectivity index (χ4n) is 4.29. The molecule has 3 N–H and O–H groups in total. The Balaban J connectivity index is 1.62. The first kappa shape index (κ1) is 23.6. The van der Waals surface area contributed by atoms with Crippen molar-refractivity contribution in [1.82, 2.24) is 5.32 Å². The van der Waals surface area contributed by atoms with Crippen molar-refractivity contribution in [2.75, 3.05) is 18.6 Å². The molecule has 1 aliphatic carbocycles. The van der Waals surface area contributed by atoms with E-state index < -0.39 is 19.0 Å². The number of anilines is 1. The highest BCUT2D eigenvalue weighted by molar-refractivity contribution is 6.43. The lowest BCUT2D eigenvalue weighted by atomic mass is 9.74. The SMILES string of the molecule is COc1ccc(N2CCC2C(=O)CC(CC2CC2)C(=O)NC(CC(C)C)B(O)O)cc1. The summed E-state index contributed by atoms with van der Waals surface area (Å²) in [4.78, 5) is 28.2. The van der Waals surface area contributed by atoms with Gasteiger partial charge in [0.25, 0.3) is 0 Å². The van der Waals surface area contributed by atoms with Crippen LogP contribution in [-0.4, -0.2) is 54.5 Å². The summed E-state index contributed by atoms with van der Waals surface area (Å²) in [5.74, 6) is 0.168. The van der Waals surface area contributed by atoms with Gasteiger partial charge in [-0.15, -0.1) is 0 Å². The van der Waals surface area contributed by atoms with Crippen molar-refractivity contribution in [1.29, 1.82) is 0 Å². The van der Waals surface area contributed by atoms with E-state index >= 15 is 0 Å². The Hall–Kier alpha value is -2.06. The van der Waals surface area contributed by atoms with E-state index in [-0.39, 0.29) is 30.1 Å². The van der Waals surface area contributed by atoms with Crippen LogP contribution in [0.3, 0.4) is 0 Å². The number of ketones is 1. The normalized spacial score (nSPS) is 20.1. The molecule has 2 aliphatic rings. The molecule has 1 amide bonds. The molecule has 2 fully saturated rings. The van der Waals surface area contributed by atoms with Crippen LogP contribution in [0.1, 0.15) is 52.4 Å². The van der Waals surface area contributed by atoms with Crippen molar-refractivity contribution in [2.45, 2.75) is 64.4 Å². The van der Waals surface area contributed by atoms with Crippen molar-refractivity contribution in [2.24, 2.45) is 17.8 Å². The van der Waals surface area contributed by atoms with Gasteiger partial charge in [-0.2, -0.15) is 0 Å². The maximum atomic E-state index is 13.1. The molecule has 8 heteroatoms. The number of rotatable bonds is 12. The topological polar surface area (TPSA) is 99.1 Å². The molecule has 0 bridgehead atoms. The third kappa shape index (κ3) is 6.46. The molecule has 1 aromatic rings. The fourth-order valence-corrected chi connectivity index (χ4v) is 4.29. The van der Waals surface area contributed by atoms with Gasteiger partial charge in [0.05, 0.1) is 19.1 Å². The number of Topliss-reactive ketones (excluding diaryl/α,β-unsaturated/α-hetero) is 1. The predicted octanol–water partition coefficient (Wildman–Crippen LogP) is 2.19. The second-order valence-electron chi connectivity index (χ2n) is 9.40. The summed E-state index contributed by atoms with van der Waals surface area (Å²) in [5.41, 5.74) is 0.981. The molecule has 170 valence electrons. The summed E-state index contributed by atoms with van der Waals surface area (Å²) in [5, 5.41) is 22.1. The van der Waals surface area contributed by atoms with Gasteiger partial charge in [-0.25, -0.2) is 0 Å². The number of carbonyl (C=O) groups excluding carboxylic acids is 2. The highest BCUT2D eigenvalue weighted by atomic mass is 16.5. The van der Waals surface area contributed by atoms with Crippen molar-refractivity contribution in [3.8, 4) is 5.75 Å². The molecule has 1 aliphatic heterocycles. The van der Waals surface area contributed by atoms with Crippen molar-refractivity contribution < 1.29 is 24.4 Å². The van der Waals surface area contributed by atoms with E-state index in [0.717, 1.165) is 37.2 Å². The van der Waals surface area contributed by atoms with E-state index in [1.54, 1.807) is 7.11 Å². The van der Waals surface area contributed by atoms with Gasteiger partial charge >= 0.3 is 7.12 Å². The van der Waals surface area contributed by atoms with Crippen molar-refractivity contribution in [3.05, 3.63) is 24.3 Å². The van der Waals surface area contributed by atoms with Gasteiger partial charge in [0.2, 0.25) is 5.91 Å². The van der Waals surface area contributed by atoms with Gasteiger partial charge in [0.1, 0.15) is 5.75 Å². The highest BCUT2D eigenvalue weighted by Crippen LogP contribution is 2.37. The van der Waals surface area contributed by atoms with Gasteiger partial charge < -0.3 is 25.0 Å². The fraction of sp³-hybridized carbons (Fsp3) is 0.652. The summed E-state index contributed by atoms with van der Waals surface area (Å²) in [6.45, 7) is 4.75. The lowest BCUT2D eigenvalue weighted by Crippen LogP contribution is -2.54. The van der Waals surface area contributed by atoms with Crippen LogP contribution in [0, 0.1) is 17.8 Å². The minimum atomic E-state index is -1.61. The molecule has 7 nitrogen and oxygen atoms in total. The van der Waals surface area contributed by atoms with E-state index in [4.69, 9.17) is 4.74 Å². The lowest BCUT2D eigenvalue weighted by Gasteiger charge is -2.42. The first-order valence-corrected chi connectivity index (χ1v) is 11.4. The molecule has 1 saturated heterocycles. The summed E-state index contributed by atoms with van der Waals surface area (Å²) in [7, 11) is 0.0122. The van der Waals surface area contributed by atoms with Gasteiger partial charge in [0, 0.05) is 24.6 Å². The van der Waals surface area contributed by atoms with Crippen LogP contribution in [0.2, 0.25) is 0 Å². The number of carbonyl (C=O) groups is 2. The Kier molecular flexibility index (Phi) is 8.00. The minimum absolute atomic E-state index is 0.0767. The Morgan fingerprint density at radius 1 is 1.19 bits per heavy atom. The van der Waals surface area contributed by atoms with Crippen LogP contribution in [0.4, 0.5) is 5.69 Å². The van der Waals surface area contributed by atoms with Crippen molar-refractivity contribution >= 4 is 24.5 Å². The average molecular weight is 430 g/mol. The van der Waals surface area contributed by atoms with E-state index in [0.29, 0.717) is 18.8 Å². The van der Waals surface area contributed by atoms with Crippen LogP contribution in [-0.2, 0) is 9.59 Å². The van der Waals surface area contributed by atoms with Gasteiger partial charge in [0.15, 0.2) is 5.78 Å². The number of nitrogens with zero attached hydrogens (tertiary/aromatic N) is 1. The molecule has 1 heterocycles. The third-order valence-electron chi connectivity index (χ3n) is 6.34. The number of hydrogen-bond acceptors (Lipinski definition) is 6. The Morgan fingerprint density at radius 3 is 2.35 bits per heavy atom. The molecular formula is C23H35BN2O5. The summed E-state index contributed by atoms with van der Waals surface area (Å²) in [6, 6.07) is 7.46. The zero-order valence-corrected chi connectivity index (χ0v) is 18.8. The van der Waals surface area contributed by atoms with Crippen LogP contribution < -0.4 is 15.0 Å². The lowest BCUT2D eigenvalue weighted by molar-refractivity contribution is -0.131. The van der Waals surface area contributed by atoms with Gasteiger partial charge in [-0.3, -0.25) is 9.59 Å². The largest absolute Gasteiger partial charge is 0.497 e. The molecule has 31 heavy (non-hydrogen) atoms. The summed E-state index contributed by atoms with van der Waals surface area (Å²) < 4.78 is 5.20. The second kappa shape index (κ2) is 10.5. The molecule has 1 saturated carbocycles.